The van der Waals surface area contributed by atoms with Gasteiger partial charge in [-0.15, -0.1) is 0 Å². The molecule has 1 amide bonds. The molecule has 0 saturated carbocycles. The zero-order valence-corrected chi connectivity index (χ0v) is 9.26. The van der Waals surface area contributed by atoms with Crippen LogP contribution in [0.5, 0.6) is 0 Å². The van der Waals surface area contributed by atoms with E-state index in [0.717, 1.165) is 0 Å². The number of nitrogens with zero attached hydrogens (tertiary/aromatic N) is 1. The number of rotatable bonds is 7. The summed E-state index contributed by atoms with van der Waals surface area (Å²) in [5, 5.41) is 10.9. The van der Waals surface area contributed by atoms with E-state index in [4.69, 9.17) is 9.84 Å². The Morgan fingerprint density at radius 1 is 1.41 bits per heavy atom. The van der Waals surface area contributed by atoms with Crippen molar-refractivity contribution in [3.63, 3.8) is 0 Å². The molecule has 6 heteroatoms. The minimum atomic E-state index is -1.02. The Labute approximate surface area is 98.6 Å². The first-order valence-electron chi connectivity index (χ1n) is 5.14. The van der Waals surface area contributed by atoms with Crippen molar-refractivity contribution in [3.05, 3.63) is 30.1 Å². The first kappa shape index (κ1) is 13.1. The van der Waals surface area contributed by atoms with Crippen LogP contribution in [-0.4, -0.2) is 41.7 Å². The Hall–Kier alpha value is -1.95. The highest BCUT2D eigenvalue weighted by Gasteiger charge is 2.03. The van der Waals surface area contributed by atoms with Gasteiger partial charge in [-0.05, 0) is 12.1 Å². The average molecular weight is 238 g/mol. The van der Waals surface area contributed by atoms with Crippen molar-refractivity contribution in [1.82, 2.24) is 10.3 Å². The molecule has 92 valence electrons. The van der Waals surface area contributed by atoms with E-state index in [0.29, 0.717) is 12.2 Å². The van der Waals surface area contributed by atoms with Crippen molar-refractivity contribution < 1.29 is 19.4 Å². The van der Waals surface area contributed by atoms with Crippen molar-refractivity contribution in [2.24, 2.45) is 0 Å². The number of hydrogen-bond acceptors (Lipinski definition) is 4. The lowest BCUT2D eigenvalue weighted by molar-refractivity contribution is -0.142. The first-order valence-corrected chi connectivity index (χ1v) is 5.14. The van der Waals surface area contributed by atoms with E-state index in [1.165, 1.54) is 0 Å². The van der Waals surface area contributed by atoms with Gasteiger partial charge in [0.1, 0.15) is 6.61 Å². The summed E-state index contributed by atoms with van der Waals surface area (Å²) in [7, 11) is 0. The molecule has 1 heterocycles. The molecule has 0 radical (unpaired) electrons. The summed E-state index contributed by atoms with van der Waals surface area (Å²) in [6.45, 7) is 0.120. The van der Waals surface area contributed by atoms with Crippen LogP contribution in [0.1, 0.15) is 5.69 Å². The highest BCUT2D eigenvalue weighted by Crippen LogP contribution is 1.93. The van der Waals surface area contributed by atoms with Crippen molar-refractivity contribution in [2.45, 2.75) is 6.42 Å². The molecule has 0 bridgehead atoms. The molecule has 6 nitrogen and oxygen atoms in total. The maximum Gasteiger partial charge on any atom is 0.329 e. The van der Waals surface area contributed by atoms with Gasteiger partial charge in [-0.3, -0.25) is 9.78 Å². The Morgan fingerprint density at radius 3 is 2.88 bits per heavy atom. The number of aliphatic carboxylic acids is 1. The van der Waals surface area contributed by atoms with Crippen molar-refractivity contribution in [3.8, 4) is 0 Å². The number of carboxylic acids is 1. The molecule has 1 aromatic heterocycles. The van der Waals surface area contributed by atoms with Crippen LogP contribution in [-0.2, 0) is 20.7 Å². The highest BCUT2D eigenvalue weighted by molar-refractivity contribution is 5.78. The standard InChI is InChI=1S/C11H14N2O4/c14-10(7-9-3-1-2-4-12-9)13-5-6-17-8-11(15)16/h1-4H,5-8H2,(H,13,14)(H,15,16). The van der Waals surface area contributed by atoms with Crippen LogP contribution in [0.25, 0.3) is 0 Å². The summed E-state index contributed by atoms with van der Waals surface area (Å²) in [6, 6.07) is 5.35. The van der Waals surface area contributed by atoms with E-state index in [9.17, 15) is 9.59 Å². The molecule has 0 spiro atoms. The molecule has 0 aliphatic rings. The number of aromatic nitrogens is 1. The largest absolute Gasteiger partial charge is 0.480 e. The molecule has 1 aromatic rings. The monoisotopic (exact) mass is 238 g/mol. The number of ether oxygens (including phenoxy) is 1. The molecular formula is C11H14N2O4. The van der Waals surface area contributed by atoms with E-state index in [-0.39, 0.29) is 25.5 Å². The van der Waals surface area contributed by atoms with E-state index in [2.05, 4.69) is 10.3 Å². The number of hydrogen-bond donors (Lipinski definition) is 2. The quantitative estimate of drug-likeness (QED) is 0.644. The van der Waals surface area contributed by atoms with Gasteiger partial charge < -0.3 is 15.2 Å². The van der Waals surface area contributed by atoms with Gasteiger partial charge in [0.05, 0.1) is 13.0 Å². The van der Waals surface area contributed by atoms with E-state index in [1.807, 2.05) is 6.07 Å². The molecule has 0 atom stereocenters. The molecule has 2 N–H and O–H groups in total. The van der Waals surface area contributed by atoms with Gasteiger partial charge in [-0.25, -0.2) is 4.79 Å². The zero-order chi connectivity index (χ0) is 12.5. The maximum atomic E-state index is 11.4. The van der Waals surface area contributed by atoms with Gasteiger partial charge in [-0.1, -0.05) is 6.07 Å². The van der Waals surface area contributed by atoms with Crippen molar-refractivity contribution in [2.75, 3.05) is 19.8 Å². The summed E-state index contributed by atoms with van der Waals surface area (Å²) in [6.07, 6.45) is 1.83. The second kappa shape index (κ2) is 7.34. The van der Waals surface area contributed by atoms with E-state index >= 15 is 0 Å². The maximum absolute atomic E-state index is 11.4. The SMILES string of the molecule is O=C(O)COCCNC(=O)Cc1ccccn1. The number of carbonyl (C=O) groups excluding carboxylic acids is 1. The van der Waals surface area contributed by atoms with Crippen molar-refractivity contribution >= 4 is 11.9 Å². The molecular weight excluding hydrogens is 224 g/mol. The summed E-state index contributed by atoms with van der Waals surface area (Å²) in [4.78, 5) is 25.5. The second-order valence-corrected chi connectivity index (χ2v) is 3.29. The molecule has 0 unspecified atom stereocenters. The number of pyridine rings is 1. The number of carboxylic acid groups (broad SMARTS) is 1. The molecule has 0 saturated heterocycles. The third kappa shape index (κ3) is 6.26. The van der Waals surface area contributed by atoms with Gasteiger partial charge in [0.15, 0.2) is 0 Å². The predicted octanol–water partition coefficient (Wildman–Crippen LogP) is -0.158. The minimum Gasteiger partial charge on any atom is -0.480 e. The average Bonchev–Trinajstić information content (AvgIpc) is 2.29. The first-order chi connectivity index (χ1) is 8.18. The third-order valence-corrected chi connectivity index (χ3v) is 1.86. The van der Waals surface area contributed by atoms with Crippen LogP contribution in [0, 0.1) is 0 Å². The predicted molar refractivity (Wildman–Crippen MR) is 59.4 cm³/mol. The number of amides is 1. The molecule has 1 rings (SSSR count). The van der Waals surface area contributed by atoms with Crippen LogP contribution in [0.4, 0.5) is 0 Å². The lowest BCUT2D eigenvalue weighted by Gasteiger charge is -2.04. The number of nitrogens with one attached hydrogen (secondary N) is 1. The molecule has 0 fully saturated rings. The van der Waals surface area contributed by atoms with Crippen LogP contribution in [0.15, 0.2) is 24.4 Å². The van der Waals surface area contributed by atoms with Crippen LogP contribution in [0.2, 0.25) is 0 Å². The van der Waals surface area contributed by atoms with Gasteiger partial charge in [0.25, 0.3) is 0 Å². The van der Waals surface area contributed by atoms with Gasteiger partial charge in [0.2, 0.25) is 5.91 Å². The molecule has 0 aliphatic carbocycles. The fourth-order valence-corrected chi connectivity index (χ4v) is 1.15. The smallest absolute Gasteiger partial charge is 0.329 e. The van der Waals surface area contributed by atoms with Crippen molar-refractivity contribution in [1.29, 1.82) is 0 Å². The minimum absolute atomic E-state index is 0.164. The Kier molecular flexibility index (Phi) is 5.67. The summed E-state index contributed by atoms with van der Waals surface area (Å²) in [5.74, 6) is -1.19. The Balaban J connectivity index is 2.12. The normalized spacial score (nSPS) is 9.88. The fraction of sp³-hybridized carbons (Fsp3) is 0.364. The topological polar surface area (TPSA) is 88.5 Å². The van der Waals surface area contributed by atoms with Gasteiger partial charge >= 0.3 is 5.97 Å². The summed E-state index contributed by atoms with van der Waals surface area (Å²) >= 11 is 0. The Morgan fingerprint density at radius 2 is 2.24 bits per heavy atom. The Bertz CT molecular complexity index is 367. The van der Waals surface area contributed by atoms with Crippen LogP contribution in [0.3, 0.4) is 0 Å². The summed E-state index contributed by atoms with van der Waals surface area (Å²) in [5.41, 5.74) is 0.691. The highest BCUT2D eigenvalue weighted by atomic mass is 16.5. The third-order valence-electron chi connectivity index (χ3n) is 1.86. The van der Waals surface area contributed by atoms with E-state index < -0.39 is 5.97 Å². The second-order valence-electron chi connectivity index (χ2n) is 3.29. The fourth-order valence-electron chi connectivity index (χ4n) is 1.15. The molecule has 0 aliphatic heterocycles. The van der Waals surface area contributed by atoms with Crippen LogP contribution < -0.4 is 5.32 Å². The lowest BCUT2D eigenvalue weighted by atomic mass is 10.2. The van der Waals surface area contributed by atoms with E-state index in [1.54, 1.807) is 18.3 Å². The zero-order valence-electron chi connectivity index (χ0n) is 9.26. The number of carbonyl (C=O) groups is 2. The van der Waals surface area contributed by atoms with Gasteiger partial charge in [0, 0.05) is 18.4 Å². The molecule has 17 heavy (non-hydrogen) atoms. The lowest BCUT2D eigenvalue weighted by Crippen LogP contribution is -2.29. The summed E-state index contributed by atoms with van der Waals surface area (Å²) < 4.78 is 4.77. The van der Waals surface area contributed by atoms with Crippen LogP contribution >= 0.6 is 0 Å². The van der Waals surface area contributed by atoms with Gasteiger partial charge in [-0.2, -0.15) is 0 Å². The molecule has 0 aromatic carbocycles.